The predicted octanol–water partition coefficient (Wildman–Crippen LogP) is 1.93. The molecule has 0 aliphatic rings. The van der Waals surface area contributed by atoms with Gasteiger partial charge in [-0.15, -0.1) is 0 Å². The fourth-order valence-electron chi connectivity index (χ4n) is 2.47. The Balaban J connectivity index is 2.39. The number of sulfonamides is 2. The van der Waals surface area contributed by atoms with Crippen LogP contribution in [-0.4, -0.2) is 33.1 Å². The van der Waals surface area contributed by atoms with Crippen LogP contribution in [0, 0.1) is 17.0 Å². The molecular formula is C16H19N3O6S2. The van der Waals surface area contributed by atoms with Gasteiger partial charge in [-0.2, -0.15) is 4.31 Å². The number of rotatable bonds is 6. The Bertz CT molecular complexity index is 1080. The molecule has 2 aromatic rings. The average Bonchev–Trinajstić information content (AvgIpc) is 2.59. The highest BCUT2D eigenvalue weighted by Crippen LogP contribution is 2.29. The molecule has 2 aromatic carbocycles. The molecule has 0 bridgehead atoms. The Labute approximate surface area is 157 Å². The number of nitrogens with zero attached hydrogens (tertiary/aromatic N) is 2. The van der Waals surface area contributed by atoms with Crippen LogP contribution in [0.25, 0.3) is 0 Å². The lowest BCUT2D eigenvalue weighted by molar-refractivity contribution is -0.385. The second-order valence-electron chi connectivity index (χ2n) is 6.02. The number of nitro benzene ring substituents is 1. The first kappa shape index (κ1) is 21.0. The van der Waals surface area contributed by atoms with Crippen molar-refractivity contribution in [1.29, 1.82) is 0 Å². The summed E-state index contributed by atoms with van der Waals surface area (Å²) in [5.41, 5.74) is 0.609. The minimum atomic E-state index is -4.01. The van der Waals surface area contributed by atoms with E-state index in [9.17, 15) is 26.9 Å². The average molecular weight is 413 g/mol. The largest absolute Gasteiger partial charge is 0.273 e. The summed E-state index contributed by atoms with van der Waals surface area (Å²) in [4.78, 5) is 10.2. The summed E-state index contributed by atoms with van der Waals surface area (Å²) in [6.07, 6.45) is 0. The second kappa shape index (κ2) is 7.35. The standard InChI is InChI=1S/C16H19N3O6S2/c1-11-4-7-15(10-16(11)19(20)21)27(24,25)18(3)12(2)13-5-8-14(9-6-13)26(17,22)23/h4-10,12H,1-3H3,(H2,17,22,23). The van der Waals surface area contributed by atoms with E-state index in [1.54, 1.807) is 6.92 Å². The third kappa shape index (κ3) is 4.33. The molecule has 0 saturated heterocycles. The van der Waals surface area contributed by atoms with E-state index >= 15 is 0 Å². The molecule has 0 aromatic heterocycles. The van der Waals surface area contributed by atoms with Gasteiger partial charge >= 0.3 is 0 Å². The summed E-state index contributed by atoms with van der Waals surface area (Å²) >= 11 is 0. The van der Waals surface area contributed by atoms with Crippen molar-refractivity contribution in [1.82, 2.24) is 4.31 Å². The third-order valence-electron chi connectivity index (χ3n) is 4.29. The van der Waals surface area contributed by atoms with Gasteiger partial charge in [-0.1, -0.05) is 18.2 Å². The van der Waals surface area contributed by atoms with Crippen molar-refractivity contribution < 1.29 is 21.8 Å². The first-order chi connectivity index (χ1) is 12.4. The van der Waals surface area contributed by atoms with Gasteiger partial charge in [-0.05, 0) is 37.6 Å². The molecule has 1 unspecified atom stereocenters. The first-order valence-electron chi connectivity index (χ1n) is 7.71. The van der Waals surface area contributed by atoms with Crippen LogP contribution in [0.5, 0.6) is 0 Å². The lowest BCUT2D eigenvalue weighted by Crippen LogP contribution is -2.30. The van der Waals surface area contributed by atoms with Crippen molar-refractivity contribution in [2.45, 2.75) is 29.7 Å². The van der Waals surface area contributed by atoms with E-state index in [1.807, 2.05) is 0 Å². The number of nitrogens with two attached hydrogens (primary N) is 1. The van der Waals surface area contributed by atoms with Crippen molar-refractivity contribution >= 4 is 25.7 Å². The minimum Gasteiger partial charge on any atom is -0.258 e. The third-order valence-corrected chi connectivity index (χ3v) is 7.14. The number of hydrogen-bond donors (Lipinski definition) is 1. The fraction of sp³-hybridized carbons (Fsp3) is 0.250. The van der Waals surface area contributed by atoms with E-state index in [0.717, 1.165) is 10.4 Å². The maximum atomic E-state index is 12.8. The molecule has 146 valence electrons. The van der Waals surface area contributed by atoms with Gasteiger partial charge in [-0.25, -0.2) is 22.0 Å². The number of hydrogen-bond acceptors (Lipinski definition) is 6. The molecule has 0 aliphatic heterocycles. The Morgan fingerprint density at radius 1 is 1.04 bits per heavy atom. The van der Waals surface area contributed by atoms with E-state index in [1.165, 1.54) is 50.4 Å². The van der Waals surface area contributed by atoms with E-state index in [0.29, 0.717) is 11.1 Å². The highest BCUT2D eigenvalue weighted by Gasteiger charge is 2.28. The van der Waals surface area contributed by atoms with Gasteiger partial charge in [-0.3, -0.25) is 10.1 Å². The van der Waals surface area contributed by atoms with E-state index in [4.69, 9.17) is 5.14 Å². The van der Waals surface area contributed by atoms with Gasteiger partial charge in [0.25, 0.3) is 5.69 Å². The molecule has 0 radical (unpaired) electrons. The molecule has 0 heterocycles. The zero-order valence-corrected chi connectivity index (χ0v) is 16.5. The van der Waals surface area contributed by atoms with Gasteiger partial charge in [0, 0.05) is 24.7 Å². The highest BCUT2D eigenvalue weighted by molar-refractivity contribution is 7.89. The highest BCUT2D eigenvalue weighted by atomic mass is 32.2. The smallest absolute Gasteiger partial charge is 0.258 e. The molecule has 2 rings (SSSR count). The lowest BCUT2D eigenvalue weighted by Gasteiger charge is -2.25. The number of primary sulfonamides is 1. The van der Waals surface area contributed by atoms with Crippen LogP contribution in [-0.2, 0) is 20.0 Å². The molecule has 0 fully saturated rings. The number of aryl methyl sites for hydroxylation is 1. The molecular weight excluding hydrogens is 394 g/mol. The molecule has 0 spiro atoms. The minimum absolute atomic E-state index is 0.0851. The van der Waals surface area contributed by atoms with Gasteiger partial charge in [0.05, 0.1) is 14.7 Å². The van der Waals surface area contributed by atoms with Crippen LogP contribution < -0.4 is 5.14 Å². The summed E-state index contributed by atoms with van der Waals surface area (Å²) in [7, 11) is -6.51. The molecule has 0 aliphatic carbocycles. The maximum Gasteiger partial charge on any atom is 0.273 e. The van der Waals surface area contributed by atoms with Crippen molar-refractivity contribution in [2.75, 3.05) is 7.05 Å². The molecule has 2 N–H and O–H groups in total. The zero-order valence-electron chi connectivity index (χ0n) is 14.9. The Morgan fingerprint density at radius 3 is 2.04 bits per heavy atom. The monoisotopic (exact) mass is 413 g/mol. The molecule has 27 heavy (non-hydrogen) atoms. The Hall–Kier alpha value is -2.34. The van der Waals surface area contributed by atoms with Crippen molar-refractivity contribution in [3.05, 3.63) is 63.7 Å². The van der Waals surface area contributed by atoms with Crippen LogP contribution in [0.2, 0.25) is 0 Å². The topological polar surface area (TPSA) is 141 Å². The van der Waals surface area contributed by atoms with Crippen molar-refractivity contribution in [3.8, 4) is 0 Å². The Kier molecular flexibility index (Phi) is 5.71. The van der Waals surface area contributed by atoms with E-state index < -0.39 is 31.0 Å². The SMILES string of the molecule is Cc1ccc(S(=O)(=O)N(C)C(C)c2ccc(S(N)(=O)=O)cc2)cc1[N+](=O)[O-]. The van der Waals surface area contributed by atoms with Crippen LogP contribution in [0.1, 0.15) is 24.1 Å². The van der Waals surface area contributed by atoms with E-state index in [-0.39, 0.29) is 15.5 Å². The van der Waals surface area contributed by atoms with Gasteiger partial charge < -0.3 is 0 Å². The molecule has 0 saturated carbocycles. The van der Waals surface area contributed by atoms with Crippen LogP contribution in [0.4, 0.5) is 5.69 Å². The first-order valence-corrected chi connectivity index (χ1v) is 10.7. The van der Waals surface area contributed by atoms with Crippen molar-refractivity contribution in [3.63, 3.8) is 0 Å². The molecule has 11 heteroatoms. The van der Waals surface area contributed by atoms with Gasteiger partial charge in [0.2, 0.25) is 20.0 Å². The van der Waals surface area contributed by atoms with Crippen LogP contribution in [0.15, 0.2) is 52.3 Å². The Morgan fingerprint density at radius 2 is 1.56 bits per heavy atom. The summed E-state index contributed by atoms with van der Waals surface area (Å²) in [6, 6.07) is 8.58. The molecule has 1 atom stereocenters. The summed E-state index contributed by atoms with van der Waals surface area (Å²) in [5.74, 6) is 0. The summed E-state index contributed by atoms with van der Waals surface area (Å²) in [6.45, 7) is 3.14. The zero-order chi connectivity index (χ0) is 20.6. The quantitative estimate of drug-likeness (QED) is 0.567. The van der Waals surface area contributed by atoms with Gasteiger partial charge in [0.15, 0.2) is 0 Å². The number of nitro groups is 1. The predicted molar refractivity (Wildman–Crippen MR) is 99.0 cm³/mol. The number of benzene rings is 2. The van der Waals surface area contributed by atoms with Crippen molar-refractivity contribution in [2.24, 2.45) is 5.14 Å². The lowest BCUT2D eigenvalue weighted by atomic mass is 10.1. The summed E-state index contributed by atoms with van der Waals surface area (Å²) in [5, 5.41) is 16.1. The van der Waals surface area contributed by atoms with Crippen LogP contribution >= 0.6 is 0 Å². The molecule has 9 nitrogen and oxygen atoms in total. The summed E-state index contributed by atoms with van der Waals surface area (Å²) < 4.78 is 49.4. The second-order valence-corrected chi connectivity index (χ2v) is 9.58. The van der Waals surface area contributed by atoms with Gasteiger partial charge in [0.1, 0.15) is 0 Å². The fourth-order valence-corrected chi connectivity index (χ4v) is 4.35. The van der Waals surface area contributed by atoms with E-state index in [2.05, 4.69) is 0 Å². The maximum absolute atomic E-state index is 12.8. The van der Waals surface area contributed by atoms with Crippen LogP contribution in [0.3, 0.4) is 0 Å². The normalized spacial score (nSPS) is 13.5. The molecule has 0 amide bonds.